The van der Waals surface area contributed by atoms with Crippen LogP contribution in [0.3, 0.4) is 0 Å². The summed E-state index contributed by atoms with van der Waals surface area (Å²) in [6, 6.07) is 6.97. The molecule has 0 unspecified atom stereocenters. The van der Waals surface area contributed by atoms with Crippen molar-refractivity contribution >= 4 is 28.6 Å². The first-order chi connectivity index (χ1) is 11.0. The highest BCUT2D eigenvalue weighted by Crippen LogP contribution is 2.25. The summed E-state index contributed by atoms with van der Waals surface area (Å²) < 4.78 is 11.5. The Balaban J connectivity index is 2.58. The SMILES string of the molecule is COC[C@@H](C)n1c(S[C@@H](C)C(=O)OC)nc2ccccc2c1=O. The maximum Gasteiger partial charge on any atom is 0.318 e. The largest absolute Gasteiger partial charge is 0.468 e. The number of aromatic nitrogens is 2. The average Bonchev–Trinajstić information content (AvgIpc) is 2.54. The fourth-order valence-electron chi connectivity index (χ4n) is 2.29. The standard InChI is InChI=1S/C16H20N2O4S/c1-10(9-21-3)18-14(19)12-7-5-6-8-13(12)17-16(18)23-11(2)15(20)22-4/h5-8,10-11H,9H2,1-4H3/t10-,11+/m1/s1. The molecule has 2 atom stereocenters. The molecule has 0 aliphatic carbocycles. The van der Waals surface area contributed by atoms with Gasteiger partial charge >= 0.3 is 5.97 Å². The lowest BCUT2D eigenvalue weighted by Gasteiger charge is -2.20. The Bertz CT molecular complexity index is 759. The van der Waals surface area contributed by atoms with E-state index in [2.05, 4.69) is 4.98 Å². The molecule has 0 saturated heterocycles. The van der Waals surface area contributed by atoms with E-state index in [1.54, 1.807) is 36.8 Å². The normalized spacial score (nSPS) is 13.7. The van der Waals surface area contributed by atoms with E-state index >= 15 is 0 Å². The fraction of sp³-hybridized carbons (Fsp3) is 0.438. The van der Waals surface area contributed by atoms with Crippen LogP contribution >= 0.6 is 11.8 Å². The van der Waals surface area contributed by atoms with Gasteiger partial charge < -0.3 is 9.47 Å². The Hall–Kier alpha value is -1.86. The quantitative estimate of drug-likeness (QED) is 0.458. The Kier molecular flexibility index (Phi) is 5.79. The van der Waals surface area contributed by atoms with Crippen molar-refractivity contribution in [2.45, 2.75) is 30.3 Å². The number of methoxy groups -OCH3 is 2. The molecule has 6 nitrogen and oxygen atoms in total. The number of para-hydroxylation sites is 1. The Morgan fingerprint density at radius 1 is 1.30 bits per heavy atom. The van der Waals surface area contributed by atoms with Gasteiger partial charge in [-0.15, -0.1) is 0 Å². The molecule has 0 spiro atoms. The third-order valence-corrected chi connectivity index (χ3v) is 4.48. The van der Waals surface area contributed by atoms with Gasteiger partial charge in [0, 0.05) is 7.11 Å². The minimum Gasteiger partial charge on any atom is -0.468 e. The number of hydrogen-bond donors (Lipinski definition) is 0. The molecular weight excluding hydrogens is 316 g/mol. The summed E-state index contributed by atoms with van der Waals surface area (Å²) in [5.41, 5.74) is 0.470. The maximum absolute atomic E-state index is 12.8. The number of hydrogen-bond acceptors (Lipinski definition) is 6. The zero-order valence-electron chi connectivity index (χ0n) is 13.6. The summed E-state index contributed by atoms with van der Waals surface area (Å²) in [6.45, 7) is 3.98. The number of nitrogens with zero attached hydrogens (tertiary/aromatic N) is 2. The van der Waals surface area contributed by atoms with Crippen LogP contribution in [0.4, 0.5) is 0 Å². The monoisotopic (exact) mass is 336 g/mol. The zero-order valence-corrected chi connectivity index (χ0v) is 14.4. The van der Waals surface area contributed by atoms with Crippen LogP contribution in [0.15, 0.2) is 34.2 Å². The molecule has 124 valence electrons. The lowest BCUT2D eigenvalue weighted by molar-refractivity contribution is -0.139. The molecule has 1 aromatic carbocycles. The highest BCUT2D eigenvalue weighted by Gasteiger charge is 2.22. The second kappa shape index (κ2) is 7.61. The summed E-state index contributed by atoms with van der Waals surface area (Å²) in [4.78, 5) is 29.1. The summed E-state index contributed by atoms with van der Waals surface area (Å²) in [5.74, 6) is -0.358. The van der Waals surface area contributed by atoms with Crippen molar-refractivity contribution in [2.75, 3.05) is 20.8 Å². The second-order valence-electron chi connectivity index (χ2n) is 5.17. The molecule has 0 fully saturated rings. The van der Waals surface area contributed by atoms with E-state index in [4.69, 9.17) is 9.47 Å². The van der Waals surface area contributed by atoms with E-state index in [-0.39, 0.29) is 17.6 Å². The molecule has 1 aromatic heterocycles. The third kappa shape index (κ3) is 3.73. The molecule has 1 heterocycles. The number of ether oxygens (including phenoxy) is 2. The summed E-state index contributed by atoms with van der Waals surface area (Å²) in [6.07, 6.45) is 0. The van der Waals surface area contributed by atoms with Gasteiger partial charge in [0.1, 0.15) is 5.25 Å². The average molecular weight is 336 g/mol. The Labute approximate surface area is 138 Å². The smallest absolute Gasteiger partial charge is 0.318 e. The van der Waals surface area contributed by atoms with Crippen LogP contribution < -0.4 is 5.56 Å². The molecule has 0 bridgehead atoms. The van der Waals surface area contributed by atoms with Gasteiger partial charge in [0.25, 0.3) is 5.56 Å². The zero-order chi connectivity index (χ0) is 17.0. The lowest BCUT2D eigenvalue weighted by Crippen LogP contribution is -2.29. The predicted octanol–water partition coefficient (Wildman–Crippen LogP) is 2.26. The molecule has 0 N–H and O–H groups in total. The number of fused-ring (bicyclic) bond motifs is 1. The number of esters is 1. The lowest BCUT2D eigenvalue weighted by atomic mass is 10.2. The maximum atomic E-state index is 12.8. The van der Waals surface area contributed by atoms with Gasteiger partial charge in [-0.05, 0) is 26.0 Å². The third-order valence-electron chi connectivity index (χ3n) is 3.44. The van der Waals surface area contributed by atoms with Gasteiger partial charge in [-0.25, -0.2) is 4.98 Å². The number of carbonyl (C=O) groups excluding carboxylic acids is 1. The van der Waals surface area contributed by atoms with Crippen molar-refractivity contribution in [3.63, 3.8) is 0 Å². The van der Waals surface area contributed by atoms with Crippen LogP contribution in [-0.4, -0.2) is 41.6 Å². The topological polar surface area (TPSA) is 70.4 Å². The Morgan fingerprint density at radius 3 is 2.65 bits per heavy atom. The molecular formula is C16H20N2O4S. The minimum absolute atomic E-state index is 0.139. The van der Waals surface area contributed by atoms with Crippen molar-refractivity contribution in [1.29, 1.82) is 0 Å². The van der Waals surface area contributed by atoms with E-state index in [1.807, 2.05) is 13.0 Å². The summed E-state index contributed by atoms with van der Waals surface area (Å²) in [5, 5.41) is 0.565. The van der Waals surface area contributed by atoms with Crippen LogP contribution in [-0.2, 0) is 14.3 Å². The van der Waals surface area contributed by atoms with Gasteiger partial charge in [0.05, 0.1) is 30.7 Å². The molecule has 0 saturated carbocycles. The number of rotatable bonds is 6. The molecule has 0 radical (unpaired) electrons. The van der Waals surface area contributed by atoms with Crippen LogP contribution in [0, 0.1) is 0 Å². The van der Waals surface area contributed by atoms with Crippen LogP contribution in [0.2, 0.25) is 0 Å². The highest BCUT2D eigenvalue weighted by molar-refractivity contribution is 8.00. The number of thioether (sulfide) groups is 1. The number of benzene rings is 1. The molecule has 0 aliphatic heterocycles. The summed E-state index contributed by atoms with van der Waals surface area (Å²) in [7, 11) is 2.92. The Morgan fingerprint density at radius 2 is 2.00 bits per heavy atom. The first kappa shape index (κ1) is 17.5. The highest BCUT2D eigenvalue weighted by atomic mass is 32.2. The van der Waals surface area contributed by atoms with Crippen LogP contribution in [0.5, 0.6) is 0 Å². The first-order valence-electron chi connectivity index (χ1n) is 7.24. The molecule has 0 aliphatic rings. The van der Waals surface area contributed by atoms with Gasteiger partial charge in [0.2, 0.25) is 0 Å². The molecule has 7 heteroatoms. The van der Waals surface area contributed by atoms with Gasteiger partial charge in [-0.1, -0.05) is 23.9 Å². The van der Waals surface area contributed by atoms with Gasteiger partial charge in [0.15, 0.2) is 5.16 Å². The molecule has 2 aromatic rings. The van der Waals surface area contributed by atoms with E-state index in [0.29, 0.717) is 22.7 Å². The van der Waals surface area contributed by atoms with E-state index in [1.165, 1.54) is 18.9 Å². The predicted molar refractivity (Wildman–Crippen MR) is 89.9 cm³/mol. The van der Waals surface area contributed by atoms with Crippen LogP contribution in [0.25, 0.3) is 10.9 Å². The van der Waals surface area contributed by atoms with E-state index in [0.717, 1.165) is 0 Å². The molecule has 23 heavy (non-hydrogen) atoms. The van der Waals surface area contributed by atoms with E-state index in [9.17, 15) is 9.59 Å². The summed E-state index contributed by atoms with van der Waals surface area (Å²) >= 11 is 1.21. The molecule has 2 rings (SSSR count). The van der Waals surface area contributed by atoms with Gasteiger partial charge in [-0.2, -0.15) is 0 Å². The van der Waals surface area contributed by atoms with Crippen molar-refractivity contribution in [2.24, 2.45) is 0 Å². The second-order valence-corrected chi connectivity index (χ2v) is 6.48. The fourth-order valence-corrected chi connectivity index (χ4v) is 3.32. The molecule has 0 amide bonds. The van der Waals surface area contributed by atoms with Crippen molar-refractivity contribution in [1.82, 2.24) is 9.55 Å². The van der Waals surface area contributed by atoms with Gasteiger partial charge in [-0.3, -0.25) is 14.2 Å². The van der Waals surface area contributed by atoms with Crippen LogP contribution in [0.1, 0.15) is 19.9 Å². The van der Waals surface area contributed by atoms with Crippen molar-refractivity contribution in [3.05, 3.63) is 34.6 Å². The number of carbonyl (C=O) groups is 1. The van der Waals surface area contributed by atoms with Crippen molar-refractivity contribution < 1.29 is 14.3 Å². The van der Waals surface area contributed by atoms with E-state index < -0.39 is 5.25 Å². The van der Waals surface area contributed by atoms with Crippen molar-refractivity contribution in [3.8, 4) is 0 Å². The first-order valence-corrected chi connectivity index (χ1v) is 8.12. The minimum atomic E-state index is -0.464.